The number of benzene rings is 2. The third kappa shape index (κ3) is 4.32. The molecule has 3 aromatic rings. The van der Waals surface area contributed by atoms with Crippen LogP contribution >= 0.6 is 0 Å². The van der Waals surface area contributed by atoms with Gasteiger partial charge in [0.2, 0.25) is 5.78 Å². The maximum Gasteiger partial charge on any atom is 0.326 e. The molecule has 9 nitrogen and oxygen atoms in total. The van der Waals surface area contributed by atoms with E-state index in [4.69, 9.17) is 18.9 Å². The summed E-state index contributed by atoms with van der Waals surface area (Å²) in [4.78, 5) is 39.0. The zero-order valence-corrected chi connectivity index (χ0v) is 19.4. The lowest BCUT2D eigenvalue weighted by molar-refractivity contribution is -0.142. The van der Waals surface area contributed by atoms with Crippen molar-refractivity contribution in [1.82, 2.24) is 4.57 Å². The fourth-order valence-corrected chi connectivity index (χ4v) is 4.34. The van der Waals surface area contributed by atoms with Gasteiger partial charge in [-0.05, 0) is 44.2 Å². The molecule has 0 N–H and O–H groups in total. The number of rotatable bonds is 6. The lowest BCUT2D eigenvalue weighted by Gasteiger charge is -2.28. The van der Waals surface area contributed by atoms with Gasteiger partial charge in [0.15, 0.2) is 24.7 Å². The van der Waals surface area contributed by atoms with E-state index in [1.54, 1.807) is 30.3 Å². The molecule has 2 aliphatic rings. The smallest absolute Gasteiger partial charge is 0.326 e. The quantitative estimate of drug-likeness (QED) is 0.399. The molecule has 9 heteroatoms. The first-order valence-corrected chi connectivity index (χ1v) is 11.2. The molecule has 0 bridgehead atoms. The number of carbonyl (C=O) groups excluding carboxylic acids is 3. The lowest BCUT2D eigenvalue weighted by Crippen LogP contribution is -2.42. The molecule has 1 amide bonds. The van der Waals surface area contributed by atoms with E-state index in [2.05, 4.69) is 0 Å². The number of Topliss-reactive ketones (excluding diaryl/α,β-unsaturated/α-hetero) is 1. The van der Waals surface area contributed by atoms with Crippen LogP contribution in [0.15, 0.2) is 48.5 Å². The first kappa shape index (κ1) is 22.5. The summed E-state index contributed by atoms with van der Waals surface area (Å²) >= 11 is 0. The number of fused-ring (bicyclic) bond motifs is 2. The maximum atomic E-state index is 12.9. The van der Waals surface area contributed by atoms with E-state index in [1.807, 2.05) is 36.6 Å². The Kier molecular flexibility index (Phi) is 5.90. The molecule has 1 aromatic heterocycles. The molecule has 35 heavy (non-hydrogen) atoms. The van der Waals surface area contributed by atoms with Gasteiger partial charge in [-0.1, -0.05) is 12.1 Å². The number of para-hydroxylation sites is 2. The molecule has 0 unspecified atom stereocenters. The van der Waals surface area contributed by atoms with Crippen LogP contribution in [0.2, 0.25) is 0 Å². The van der Waals surface area contributed by atoms with Crippen LogP contribution in [0, 0.1) is 13.8 Å². The number of ketones is 1. The van der Waals surface area contributed by atoms with Gasteiger partial charge in [0.05, 0.1) is 5.69 Å². The van der Waals surface area contributed by atoms with E-state index in [0.717, 1.165) is 17.1 Å². The minimum absolute atomic E-state index is 0.158. The molecule has 0 radical (unpaired) electrons. The summed E-state index contributed by atoms with van der Waals surface area (Å²) in [6.07, 6.45) is 0. The monoisotopic (exact) mass is 476 g/mol. The largest absolute Gasteiger partial charge is 0.486 e. The van der Waals surface area contributed by atoms with E-state index >= 15 is 0 Å². The maximum absolute atomic E-state index is 12.9. The highest BCUT2D eigenvalue weighted by Crippen LogP contribution is 2.34. The molecule has 0 atom stereocenters. The Morgan fingerprint density at radius 2 is 1.71 bits per heavy atom. The number of ether oxygens (including phenoxy) is 4. The first-order valence-electron chi connectivity index (χ1n) is 11.2. The Bertz CT molecular complexity index is 1330. The number of aromatic nitrogens is 1. The number of amides is 1. The average molecular weight is 476 g/mol. The van der Waals surface area contributed by atoms with E-state index < -0.39 is 12.6 Å². The van der Waals surface area contributed by atoms with Gasteiger partial charge < -0.3 is 23.5 Å². The highest BCUT2D eigenvalue weighted by atomic mass is 16.6. The van der Waals surface area contributed by atoms with Gasteiger partial charge in [0, 0.05) is 28.7 Å². The van der Waals surface area contributed by atoms with Crippen LogP contribution < -0.4 is 19.1 Å². The molecule has 0 saturated carbocycles. The van der Waals surface area contributed by atoms with Crippen LogP contribution in [0.3, 0.4) is 0 Å². The van der Waals surface area contributed by atoms with Gasteiger partial charge in [-0.25, -0.2) is 0 Å². The zero-order chi connectivity index (χ0) is 24.5. The summed E-state index contributed by atoms with van der Waals surface area (Å²) in [7, 11) is 0. The molecule has 3 heterocycles. The van der Waals surface area contributed by atoms with Crippen molar-refractivity contribution in [1.29, 1.82) is 0 Å². The fourth-order valence-electron chi connectivity index (χ4n) is 4.34. The first-order chi connectivity index (χ1) is 16.9. The Balaban J connectivity index is 1.27. The minimum Gasteiger partial charge on any atom is -0.486 e. The molecule has 5 rings (SSSR count). The van der Waals surface area contributed by atoms with Crippen molar-refractivity contribution >= 4 is 23.3 Å². The van der Waals surface area contributed by atoms with Crippen LogP contribution in [0.4, 0.5) is 5.69 Å². The second kappa shape index (κ2) is 9.17. The van der Waals surface area contributed by atoms with Crippen molar-refractivity contribution in [3.63, 3.8) is 0 Å². The summed E-state index contributed by atoms with van der Waals surface area (Å²) in [6, 6.07) is 14.3. The molecular weight excluding hydrogens is 452 g/mol. The Hall–Kier alpha value is -4.27. The lowest BCUT2D eigenvalue weighted by atomic mass is 10.1. The molecule has 0 spiro atoms. The normalized spacial score (nSPS) is 14.2. The van der Waals surface area contributed by atoms with Gasteiger partial charge in [-0.15, -0.1) is 0 Å². The number of hydrogen-bond donors (Lipinski definition) is 0. The molecular formula is C26H24N2O7. The van der Waals surface area contributed by atoms with Crippen molar-refractivity contribution in [2.45, 2.75) is 13.8 Å². The molecule has 0 fully saturated rings. The summed E-state index contributed by atoms with van der Waals surface area (Å²) in [5, 5.41) is 0. The summed E-state index contributed by atoms with van der Waals surface area (Å²) < 4.78 is 23.8. The third-order valence-electron chi connectivity index (χ3n) is 5.98. The molecule has 180 valence electrons. The van der Waals surface area contributed by atoms with E-state index in [0.29, 0.717) is 41.7 Å². The van der Waals surface area contributed by atoms with Crippen LogP contribution in [0.25, 0.3) is 5.69 Å². The predicted octanol–water partition coefficient (Wildman–Crippen LogP) is 3.02. The number of hydrogen-bond acceptors (Lipinski definition) is 7. The van der Waals surface area contributed by atoms with Gasteiger partial charge in [-0.3, -0.25) is 19.3 Å². The number of nitrogens with zero attached hydrogens (tertiary/aromatic N) is 2. The second-order valence-electron chi connectivity index (χ2n) is 8.27. The molecule has 2 aromatic carbocycles. The van der Waals surface area contributed by atoms with Crippen LogP contribution in [0.1, 0.15) is 21.7 Å². The van der Waals surface area contributed by atoms with Crippen molar-refractivity contribution in [3.8, 4) is 22.9 Å². The topological polar surface area (TPSA) is 96.3 Å². The second-order valence-corrected chi connectivity index (χ2v) is 8.27. The number of anilines is 1. The van der Waals surface area contributed by atoms with Crippen LogP contribution in [-0.4, -0.2) is 55.2 Å². The Morgan fingerprint density at radius 1 is 0.943 bits per heavy atom. The van der Waals surface area contributed by atoms with Crippen molar-refractivity contribution < 1.29 is 33.3 Å². The summed E-state index contributed by atoms with van der Waals surface area (Å²) in [5.41, 5.74) is 3.36. The summed E-state index contributed by atoms with van der Waals surface area (Å²) in [6.45, 7) is 3.84. The average Bonchev–Trinajstić information content (AvgIpc) is 3.17. The molecule has 0 saturated heterocycles. The number of esters is 1. The van der Waals surface area contributed by atoms with E-state index in [1.165, 1.54) is 4.90 Å². The van der Waals surface area contributed by atoms with Crippen LogP contribution in [-0.2, 0) is 14.3 Å². The van der Waals surface area contributed by atoms with Crippen molar-refractivity contribution in [2.24, 2.45) is 0 Å². The number of carbonyl (C=O) groups is 3. The highest BCUT2D eigenvalue weighted by molar-refractivity contribution is 6.02. The molecule has 2 aliphatic heterocycles. The Morgan fingerprint density at radius 3 is 2.54 bits per heavy atom. The summed E-state index contributed by atoms with van der Waals surface area (Å²) in [5.74, 6) is 0.500. The predicted molar refractivity (Wildman–Crippen MR) is 126 cm³/mol. The van der Waals surface area contributed by atoms with Crippen LogP contribution in [0.5, 0.6) is 17.2 Å². The Labute approximate surface area is 201 Å². The highest BCUT2D eigenvalue weighted by Gasteiger charge is 2.28. The fraction of sp³-hybridized carbons (Fsp3) is 0.269. The minimum atomic E-state index is -0.677. The van der Waals surface area contributed by atoms with Gasteiger partial charge >= 0.3 is 5.97 Å². The molecule has 0 aliphatic carbocycles. The van der Waals surface area contributed by atoms with Gasteiger partial charge in [-0.2, -0.15) is 0 Å². The van der Waals surface area contributed by atoms with Crippen molar-refractivity contribution in [2.75, 3.05) is 37.9 Å². The third-order valence-corrected chi connectivity index (χ3v) is 5.98. The van der Waals surface area contributed by atoms with Gasteiger partial charge in [0.25, 0.3) is 5.91 Å². The van der Waals surface area contributed by atoms with Gasteiger partial charge in [0.1, 0.15) is 25.5 Å². The van der Waals surface area contributed by atoms with E-state index in [9.17, 15) is 14.4 Å². The van der Waals surface area contributed by atoms with Crippen molar-refractivity contribution in [3.05, 3.63) is 65.5 Å². The SMILES string of the molecule is Cc1cc(C(=O)COC(=O)CN2C(=O)COc3ccccc32)c(C)n1-c1ccc2c(c1)OCCO2. The number of aryl methyl sites for hydroxylation is 1. The standard InChI is InChI=1S/C26H24N2O7/c1-16-11-19(17(2)28(16)18-7-8-23-24(12-18)33-10-9-32-23)21(29)14-35-26(31)13-27-20-5-3-4-6-22(20)34-15-25(27)30/h3-8,11-12H,9-10,13-15H2,1-2H3. The zero-order valence-electron chi connectivity index (χ0n) is 19.4. The van der Waals surface area contributed by atoms with E-state index in [-0.39, 0.29) is 24.8 Å².